The van der Waals surface area contributed by atoms with E-state index < -0.39 is 22.4 Å². The molecule has 4 nitrogen and oxygen atoms in total. The third kappa shape index (κ3) is 3.33. The van der Waals surface area contributed by atoms with Gasteiger partial charge in [0.2, 0.25) is 0 Å². The van der Waals surface area contributed by atoms with Gasteiger partial charge >= 0.3 is 6.18 Å². The van der Waals surface area contributed by atoms with Crippen LogP contribution in [0.25, 0.3) is 0 Å². The van der Waals surface area contributed by atoms with Crippen molar-refractivity contribution >= 4 is 11.4 Å². The summed E-state index contributed by atoms with van der Waals surface area (Å²) in [6.07, 6.45) is -4.62. The summed E-state index contributed by atoms with van der Waals surface area (Å²) < 4.78 is 38.0. The Morgan fingerprint density at radius 2 is 1.94 bits per heavy atom. The van der Waals surface area contributed by atoms with Gasteiger partial charge in [0.1, 0.15) is 0 Å². The number of nitro groups is 1. The fourth-order valence-electron chi connectivity index (χ4n) is 1.32. The van der Waals surface area contributed by atoms with E-state index in [2.05, 4.69) is 5.32 Å². The van der Waals surface area contributed by atoms with Gasteiger partial charge in [0.15, 0.2) is 0 Å². The maximum atomic E-state index is 12.7. The molecule has 0 fully saturated rings. The number of non-ortho nitro benzene ring substituents is 1. The standard InChI is InChI=1S/C10H11F3N2O2/c1-6(2)14-9-4-3-7(15(16)17)5-8(9)10(11,12)13/h3-6,14H,1-2H3. The predicted octanol–water partition coefficient (Wildman–Crippen LogP) is 3.43. The molecule has 1 N–H and O–H groups in total. The second kappa shape index (κ2) is 4.60. The molecule has 1 aromatic carbocycles. The molecule has 0 saturated heterocycles. The zero-order valence-corrected chi connectivity index (χ0v) is 9.21. The Labute approximate surface area is 95.6 Å². The highest BCUT2D eigenvalue weighted by Crippen LogP contribution is 2.37. The van der Waals surface area contributed by atoms with Crippen LogP contribution >= 0.6 is 0 Å². The van der Waals surface area contributed by atoms with Crippen molar-refractivity contribution in [3.63, 3.8) is 0 Å². The van der Waals surface area contributed by atoms with E-state index in [1.165, 1.54) is 0 Å². The third-order valence-electron chi connectivity index (χ3n) is 1.96. The van der Waals surface area contributed by atoms with E-state index in [1.54, 1.807) is 13.8 Å². The van der Waals surface area contributed by atoms with Crippen LogP contribution in [0.4, 0.5) is 24.5 Å². The molecule has 0 spiro atoms. The third-order valence-corrected chi connectivity index (χ3v) is 1.96. The minimum Gasteiger partial charge on any atom is -0.382 e. The Balaban J connectivity index is 3.27. The number of halogens is 3. The number of hydrogen-bond acceptors (Lipinski definition) is 3. The van der Waals surface area contributed by atoms with Gasteiger partial charge in [0.05, 0.1) is 10.5 Å². The fraction of sp³-hybridized carbons (Fsp3) is 0.400. The van der Waals surface area contributed by atoms with Crippen molar-refractivity contribution in [3.05, 3.63) is 33.9 Å². The number of alkyl halides is 3. The van der Waals surface area contributed by atoms with Crippen LogP contribution in [-0.4, -0.2) is 11.0 Å². The molecule has 0 amide bonds. The fourth-order valence-corrected chi connectivity index (χ4v) is 1.32. The Kier molecular flexibility index (Phi) is 3.59. The molecule has 17 heavy (non-hydrogen) atoms. The summed E-state index contributed by atoms with van der Waals surface area (Å²) in [5.41, 5.74) is -1.76. The van der Waals surface area contributed by atoms with Gasteiger partial charge in [-0.15, -0.1) is 0 Å². The molecule has 1 rings (SSSR count). The lowest BCUT2D eigenvalue weighted by atomic mass is 10.1. The maximum Gasteiger partial charge on any atom is 0.418 e. The van der Waals surface area contributed by atoms with Crippen LogP contribution in [0.15, 0.2) is 18.2 Å². The molecule has 0 atom stereocenters. The van der Waals surface area contributed by atoms with Gasteiger partial charge in [0, 0.05) is 23.9 Å². The summed E-state index contributed by atoms with van der Waals surface area (Å²) in [7, 11) is 0. The number of rotatable bonds is 3. The van der Waals surface area contributed by atoms with Crippen LogP contribution in [0, 0.1) is 10.1 Å². The molecular formula is C10H11F3N2O2. The summed E-state index contributed by atoms with van der Waals surface area (Å²) in [6, 6.07) is 2.45. The summed E-state index contributed by atoms with van der Waals surface area (Å²) >= 11 is 0. The van der Waals surface area contributed by atoms with Gasteiger partial charge in [-0.3, -0.25) is 10.1 Å². The average molecular weight is 248 g/mol. The van der Waals surface area contributed by atoms with E-state index in [0.29, 0.717) is 6.07 Å². The van der Waals surface area contributed by atoms with E-state index in [1.807, 2.05) is 0 Å². The average Bonchev–Trinajstić information content (AvgIpc) is 2.15. The maximum absolute atomic E-state index is 12.7. The van der Waals surface area contributed by atoms with Crippen molar-refractivity contribution in [3.8, 4) is 0 Å². The molecule has 0 bridgehead atoms. The van der Waals surface area contributed by atoms with Gasteiger partial charge < -0.3 is 5.32 Å². The van der Waals surface area contributed by atoms with Crippen LogP contribution in [0.5, 0.6) is 0 Å². The van der Waals surface area contributed by atoms with Crippen molar-refractivity contribution in [1.29, 1.82) is 0 Å². The van der Waals surface area contributed by atoms with E-state index >= 15 is 0 Å². The normalized spacial score (nSPS) is 11.6. The molecule has 0 heterocycles. The Morgan fingerprint density at radius 3 is 2.35 bits per heavy atom. The lowest BCUT2D eigenvalue weighted by molar-refractivity contribution is -0.385. The summed E-state index contributed by atoms with van der Waals surface area (Å²) in [4.78, 5) is 9.58. The van der Waals surface area contributed by atoms with Crippen molar-refractivity contribution in [2.45, 2.75) is 26.1 Å². The molecule has 0 aliphatic carbocycles. The second-order valence-corrected chi connectivity index (χ2v) is 3.78. The lowest BCUT2D eigenvalue weighted by Crippen LogP contribution is -2.16. The lowest BCUT2D eigenvalue weighted by Gasteiger charge is -2.16. The summed E-state index contributed by atoms with van der Waals surface area (Å²) in [5, 5.41) is 13.0. The summed E-state index contributed by atoms with van der Waals surface area (Å²) in [6.45, 7) is 3.36. The van der Waals surface area contributed by atoms with Crippen molar-refractivity contribution in [1.82, 2.24) is 0 Å². The first-order valence-corrected chi connectivity index (χ1v) is 4.84. The number of benzene rings is 1. The zero-order valence-electron chi connectivity index (χ0n) is 9.21. The second-order valence-electron chi connectivity index (χ2n) is 3.78. The molecular weight excluding hydrogens is 237 g/mol. The molecule has 7 heteroatoms. The topological polar surface area (TPSA) is 55.2 Å². The van der Waals surface area contributed by atoms with E-state index in [0.717, 1.165) is 12.1 Å². The molecule has 1 aromatic rings. The largest absolute Gasteiger partial charge is 0.418 e. The highest BCUT2D eigenvalue weighted by molar-refractivity contribution is 5.57. The Bertz CT molecular complexity index is 430. The zero-order chi connectivity index (χ0) is 13.2. The Hall–Kier alpha value is -1.79. The first kappa shape index (κ1) is 13.3. The molecule has 0 unspecified atom stereocenters. The number of nitro benzene ring substituents is 1. The SMILES string of the molecule is CC(C)Nc1ccc([N+](=O)[O-])cc1C(F)(F)F. The van der Waals surface area contributed by atoms with Crippen molar-refractivity contribution in [2.75, 3.05) is 5.32 Å². The van der Waals surface area contributed by atoms with Crippen molar-refractivity contribution < 1.29 is 18.1 Å². The molecule has 0 aliphatic rings. The summed E-state index contributed by atoms with van der Waals surface area (Å²) in [5.74, 6) is 0. The van der Waals surface area contributed by atoms with Crippen LogP contribution in [-0.2, 0) is 6.18 Å². The minimum absolute atomic E-state index is 0.155. The van der Waals surface area contributed by atoms with Gasteiger partial charge in [-0.05, 0) is 19.9 Å². The number of anilines is 1. The first-order chi connectivity index (χ1) is 7.71. The quantitative estimate of drug-likeness (QED) is 0.658. The first-order valence-electron chi connectivity index (χ1n) is 4.84. The van der Waals surface area contributed by atoms with Crippen LogP contribution in [0.1, 0.15) is 19.4 Å². The molecule has 0 radical (unpaired) electrons. The highest BCUT2D eigenvalue weighted by atomic mass is 19.4. The van der Waals surface area contributed by atoms with Gasteiger partial charge in [-0.25, -0.2) is 0 Å². The van der Waals surface area contributed by atoms with Crippen LogP contribution in [0.2, 0.25) is 0 Å². The van der Waals surface area contributed by atoms with Gasteiger partial charge in [0.25, 0.3) is 5.69 Å². The van der Waals surface area contributed by atoms with Gasteiger partial charge in [-0.2, -0.15) is 13.2 Å². The highest BCUT2D eigenvalue weighted by Gasteiger charge is 2.35. The van der Waals surface area contributed by atoms with E-state index in [4.69, 9.17) is 0 Å². The minimum atomic E-state index is -4.62. The van der Waals surface area contributed by atoms with Gasteiger partial charge in [-0.1, -0.05) is 0 Å². The van der Waals surface area contributed by atoms with E-state index in [-0.39, 0.29) is 11.7 Å². The Morgan fingerprint density at radius 1 is 1.35 bits per heavy atom. The number of nitrogens with one attached hydrogen (secondary N) is 1. The molecule has 94 valence electrons. The van der Waals surface area contributed by atoms with Crippen LogP contribution < -0.4 is 5.32 Å². The monoisotopic (exact) mass is 248 g/mol. The van der Waals surface area contributed by atoms with Crippen LogP contribution in [0.3, 0.4) is 0 Å². The van der Waals surface area contributed by atoms with Crippen molar-refractivity contribution in [2.24, 2.45) is 0 Å². The number of nitrogens with zero attached hydrogens (tertiary/aromatic N) is 1. The molecule has 0 saturated carbocycles. The molecule has 0 aliphatic heterocycles. The number of hydrogen-bond donors (Lipinski definition) is 1. The smallest absolute Gasteiger partial charge is 0.382 e. The predicted molar refractivity (Wildman–Crippen MR) is 56.9 cm³/mol. The van der Waals surface area contributed by atoms with E-state index in [9.17, 15) is 23.3 Å². The molecule has 0 aromatic heterocycles.